The lowest BCUT2D eigenvalue weighted by Crippen LogP contribution is -1.93. The third-order valence-electron chi connectivity index (χ3n) is 4.17. The molecule has 4 aromatic heterocycles. The smallest absolute Gasteiger partial charge is 0.283 e. The highest BCUT2D eigenvalue weighted by Gasteiger charge is 2.22. The van der Waals surface area contributed by atoms with Gasteiger partial charge in [-0.2, -0.15) is 0 Å². The van der Waals surface area contributed by atoms with E-state index in [4.69, 9.17) is 8.83 Å². The van der Waals surface area contributed by atoms with Gasteiger partial charge in [0.05, 0.1) is 12.0 Å². The maximum atomic E-state index is 5.69. The molecule has 0 N–H and O–H groups in total. The molecule has 4 heterocycles. The van der Waals surface area contributed by atoms with E-state index in [-0.39, 0.29) is 0 Å². The lowest BCUT2D eigenvalue weighted by atomic mass is 10.2. The second-order valence-corrected chi connectivity index (χ2v) is 7.93. The topological polar surface area (TPSA) is 77.8 Å². The fourth-order valence-corrected chi connectivity index (χ4v) is 5.42. The largest absolute Gasteiger partial charge is 0.459 e. The van der Waals surface area contributed by atoms with Gasteiger partial charge in [-0.15, -0.1) is 21.5 Å². The highest BCUT2D eigenvalue weighted by molar-refractivity contribution is 7.98. The maximum absolute atomic E-state index is 5.69. The molecule has 1 aliphatic rings. The molecule has 0 radical (unpaired) electrons. The van der Waals surface area contributed by atoms with Crippen molar-refractivity contribution < 1.29 is 8.83 Å². The summed E-state index contributed by atoms with van der Waals surface area (Å²) in [4.78, 5) is 11.9. The molecule has 1 aliphatic carbocycles. The zero-order valence-corrected chi connectivity index (χ0v) is 15.1. The van der Waals surface area contributed by atoms with E-state index in [0.29, 0.717) is 23.3 Å². The quantitative estimate of drug-likeness (QED) is 0.388. The molecule has 5 rings (SSSR count). The van der Waals surface area contributed by atoms with E-state index in [0.717, 1.165) is 28.5 Å². The van der Waals surface area contributed by atoms with Gasteiger partial charge in [0.1, 0.15) is 15.7 Å². The fourth-order valence-electron chi connectivity index (χ4n) is 3.11. The minimum Gasteiger partial charge on any atom is -0.459 e. The van der Waals surface area contributed by atoms with Crippen LogP contribution in [0.1, 0.15) is 28.6 Å². The summed E-state index contributed by atoms with van der Waals surface area (Å²) < 4.78 is 11.0. The first-order valence-corrected chi connectivity index (χ1v) is 9.86. The third-order valence-corrected chi connectivity index (χ3v) is 6.32. The lowest BCUT2D eigenvalue weighted by molar-refractivity contribution is 0.494. The van der Waals surface area contributed by atoms with Crippen LogP contribution in [0.15, 0.2) is 32.3 Å². The van der Waals surface area contributed by atoms with E-state index >= 15 is 0 Å². The monoisotopic (exact) mass is 370 g/mol. The van der Waals surface area contributed by atoms with E-state index in [2.05, 4.69) is 20.2 Å². The van der Waals surface area contributed by atoms with Crippen molar-refractivity contribution in [3.8, 4) is 11.7 Å². The van der Waals surface area contributed by atoms with Crippen molar-refractivity contribution in [1.82, 2.24) is 20.2 Å². The number of hydrogen-bond donors (Lipinski definition) is 0. The number of hydrogen-bond acceptors (Lipinski definition) is 8. The van der Waals surface area contributed by atoms with Crippen molar-refractivity contribution in [1.29, 1.82) is 0 Å². The zero-order chi connectivity index (χ0) is 16.8. The molecule has 0 unspecified atom stereocenters. The molecule has 0 aliphatic heterocycles. The van der Waals surface area contributed by atoms with Gasteiger partial charge < -0.3 is 8.83 Å². The van der Waals surface area contributed by atoms with Crippen LogP contribution in [-0.4, -0.2) is 20.2 Å². The Morgan fingerprint density at radius 2 is 2.20 bits per heavy atom. The summed E-state index contributed by atoms with van der Waals surface area (Å²) in [6.45, 7) is 1.94. The number of fused-ring (bicyclic) bond motifs is 3. The number of thiophene rings is 1. The van der Waals surface area contributed by atoms with Crippen LogP contribution in [0.2, 0.25) is 0 Å². The van der Waals surface area contributed by atoms with Gasteiger partial charge in [0.2, 0.25) is 5.89 Å². The van der Waals surface area contributed by atoms with Crippen molar-refractivity contribution in [3.63, 3.8) is 0 Å². The van der Waals surface area contributed by atoms with E-state index in [1.807, 2.05) is 18.3 Å². The average Bonchev–Trinajstić information content (AvgIpc) is 3.34. The van der Waals surface area contributed by atoms with Crippen LogP contribution in [-0.2, 0) is 18.6 Å². The van der Waals surface area contributed by atoms with Gasteiger partial charge in [-0.1, -0.05) is 11.8 Å². The van der Waals surface area contributed by atoms with Crippen molar-refractivity contribution >= 4 is 33.3 Å². The van der Waals surface area contributed by atoms with Gasteiger partial charge in [0.25, 0.3) is 5.89 Å². The first-order chi connectivity index (χ1) is 12.3. The minimum atomic E-state index is 0.404. The van der Waals surface area contributed by atoms with Crippen molar-refractivity contribution in [3.05, 3.63) is 40.6 Å². The summed E-state index contributed by atoms with van der Waals surface area (Å²) in [7, 11) is 0. The Morgan fingerprint density at radius 1 is 1.24 bits per heavy atom. The molecule has 0 spiro atoms. The van der Waals surface area contributed by atoms with Gasteiger partial charge in [0.15, 0.2) is 5.76 Å². The fraction of sp³-hybridized carbons (Fsp3) is 0.294. The number of aromatic nitrogens is 4. The average molecular weight is 370 g/mol. The van der Waals surface area contributed by atoms with Gasteiger partial charge in [-0.25, -0.2) is 9.97 Å². The van der Waals surface area contributed by atoms with E-state index in [9.17, 15) is 0 Å². The number of rotatable bonds is 4. The Labute approximate surface area is 151 Å². The van der Waals surface area contributed by atoms with Crippen LogP contribution in [0.5, 0.6) is 0 Å². The zero-order valence-electron chi connectivity index (χ0n) is 13.5. The molecule has 6 nitrogen and oxygen atoms in total. The SMILES string of the molecule is Cc1nc(SCc2nnc(-c3ccco3)o2)c2c3c(sc2n1)CCC3. The Hall–Kier alpha value is -2.19. The van der Waals surface area contributed by atoms with E-state index < -0.39 is 0 Å². The molecule has 126 valence electrons. The number of nitrogens with zero attached hydrogens (tertiary/aromatic N) is 4. The minimum absolute atomic E-state index is 0.404. The van der Waals surface area contributed by atoms with E-state index in [1.54, 1.807) is 30.2 Å². The second kappa shape index (κ2) is 5.96. The molecule has 0 bridgehead atoms. The summed E-state index contributed by atoms with van der Waals surface area (Å²) in [5, 5.41) is 10.4. The van der Waals surface area contributed by atoms with E-state index in [1.165, 1.54) is 22.2 Å². The normalized spacial score (nSPS) is 13.6. The number of thioether (sulfide) groups is 1. The third kappa shape index (κ3) is 2.65. The van der Waals surface area contributed by atoms with Gasteiger partial charge in [0, 0.05) is 10.3 Å². The van der Waals surface area contributed by atoms with Crippen molar-refractivity contribution in [2.45, 2.75) is 37.0 Å². The van der Waals surface area contributed by atoms with Crippen LogP contribution in [0.3, 0.4) is 0 Å². The Kier molecular flexibility index (Phi) is 3.60. The van der Waals surface area contributed by atoms with Gasteiger partial charge in [-0.3, -0.25) is 0 Å². The standard InChI is InChI=1S/C17H14N4O2S2/c1-9-18-16(14-10-4-2-6-12(10)25-17(14)19-9)24-8-13-20-21-15(23-13)11-5-3-7-22-11/h3,5,7H,2,4,6,8H2,1H3. The van der Waals surface area contributed by atoms with Gasteiger partial charge in [-0.05, 0) is 43.9 Å². The van der Waals surface area contributed by atoms with Crippen LogP contribution in [0, 0.1) is 6.92 Å². The first kappa shape index (κ1) is 15.1. The summed E-state index contributed by atoms with van der Waals surface area (Å²) in [6.07, 6.45) is 5.10. The van der Waals surface area contributed by atoms with Crippen LogP contribution < -0.4 is 0 Å². The Balaban J connectivity index is 1.44. The lowest BCUT2D eigenvalue weighted by Gasteiger charge is -2.04. The van der Waals surface area contributed by atoms with Crippen molar-refractivity contribution in [2.75, 3.05) is 0 Å². The Bertz CT molecular complexity index is 1050. The first-order valence-electron chi connectivity index (χ1n) is 8.06. The number of aryl methyl sites for hydroxylation is 3. The van der Waals surface area contributed by atoms with Crippen molar-refractivity contribution in [2.24, 2.45) is 0 Å². The molecule has 0 amide bonds. The maximum Gasteiger partial charge on any atom is 0.283 e. The molecule has 25 heavy (non-hydrogen) atoms. The second-order valence-electron chi connectivity index (χ2n) is 5.88. The highest BCUT2D eigenvalue weighted by Crippen LogP contribution is 2.41. The molecule has 0 atom stereocenters. The molecular weight excluding hydrogens is 356 g/mol. The Morgan fingerprint density at radius 3 is 3.08 bits per heavy atom. The van der Waals surface area contributed by atoms with Crippen LogP contribution >= 0.6 is 23.1 Å². The molecular formula is C17H14N4O2S2. The highest BCUT2D eigenvalue weighted by atomic mass is 32.2. The molecule has 0 saturated carbocycles. The van der Waals surface area contributed by atoms with Crippen LogP contribution in [0.4, 0.5) is 0 Å². The van der Waals surface area contributed by atoms with Gasteiger partial charge >= 0.3 is 0 Å². The molecule has 0 fully saturated rings. The predicted molar refractivity (Wildman–Crippen MR) is 95.7 cm³/mol. The summed E-state index contributed by atoms with van der Waals surface area (Å²) >= 11 is 3.44. The molecule has 0 aromatic carbocycles. The number of furan rings is 1. The molecule has 4 aromatic rings. The summed E-state index contributed by atoms with van der Waals surface area (Å²) in [6, 6.07) is 3.60. The summed E-state index contributed by atoms with van der Waals surface area (Å²) in [5.74, 6) is 2.93. The molecule has 8 heteroatoms. The molecule has 0 saturated heterocycles. The van der Waals surface area contributed by atoms with Crippen LogP contribution in [0.25, 0.3) is 21.9 Å². The summed E-state index contributed by atoms with van der Waals surface area (Å²) in [5.41, 5.74) is 1.43. The predicted octanol–water partition coefficient (Wildman–Crippen LogP) is 4.42.